The summed E-state index contributed by atoms with van der Waals surface area (Å²) in [6.07, 6.45) is 0. The lowest BCUT2D eigenvalue weighted by Crippen LogP contribution is -2.40. The van der Waals surface area contributed by atoms with Gasteiger partial charge in [-0.05, 0) is 121 Å². The van der Waals surface area contributed by atoms with Gasteiger partial charge in [-0.25, -0.2) is 0 Å². The van der Waals surface area contributed by atoms with Crippen LogP contribution in [0.5, 0.6) is 0 Å². The van der Waals surface area contributed by atoms with Gasteiger partial charge in [-0.1, -0.05) is 172 Å². The van der Waals surface area contributed by atoms with Crippen molar-refractivity contribution in [2.75, 3.05) is 4.90 Å². The average Bonchev–Trinajstić information content (AvgIpc) is 3.82. The Balaban J connectivity index is 1.05. The molecule has 0 saturated heterocycles. The van der Waals surface area contributed by atoms with Crippen molar-refractivity contribution in [1.29, 1.82) is 0 Å². The minimum Gasteiger partial charge on any atom is -0.456 e. The first-order chi connectivity index (χ1) is 29.5. The van der Waals surface area contributed by atoms with E-state index in [1.807, 2.05) is 12.1 Å². The molecule has 0 bridgehead atoms. The molecule has 0 amide bonds. The molecular weight excluding hydrogens is 727 g/mol. The molecule has 0 radical (unpaired) electrons. The second-order valence-corrected chi connectivity index (χ2v) is 16.8. The summed E-state index contributed by atoms with van der Waals surface area (Å²) < 4.78 is 6.29. The number of hydrogen-bond acceptors (Lipinski definition) is 2. The maximum Gasteiger partial charge on any atom is 0.136 e. The van der Waals surface area contributed by atoms with Gasteiger partial charge in [0.1, 0.15) is 11.2 Å². The fourth-order valence-electron chi connectivity index (χ4n) is 10.6. The van der Waals surface area contributed by atoms with E-state index in [2.05, 4.69) is 219 Å². The molecule has 0 saturated carbocycles. The zero-order chi connectivity index (χ0) is 40.0. The predicted octanol–water partition coefficient (Wildman–Crippen LogP) is 15.4. The molecule has 2 aliphatic rings. The SMILES string of the molecule is CC1(C)c2ccccc2C2(c3ccccc3-c3ccc(N(c4ccc(-c5ccccc5)cc4)c4ccc(-c5ccc6c(c5)oc5ccccc56)cc4)cc32)c2ccccc21. The van der Waals surface area contributed by atoms with Crippen molar-refractivity contribution in [3.8, 4) is 33.4 Å². The molecule has 2 nitrogen and oxygen atoms in total. The van der Waals surface area contributed by atoms with Crippen molar-refractivity contribution in [2.45, 2.75) is 24.7 Å². The highest BCUT2D eigenvalue weighted by Crippen LogP contribution is 2.62. The monoisotopic (exact) mass is 767 g/mol. The summed E-state index contributed by atoms with van der Waals surface area (Å²) in [6, 6.07) is 78.0. The van der Waals surface area contributed by atoms with Crippen LogP contribution < -0.4 is 4.90 Å². The first kappa shape index (κ1) is 34.6. The van der Waals surface area contributed by atoms with Gasteiger partial charge in [0, 0.05) is 33.2 Å². The van der Waals surface area contributed by atoms with Gasteiger partial charge in [0.2, 0.25) is 0 Å². The number of benzene rings is 9. The second-order valence-electron chi connectivity index (χ2n) is 16.8. The van der Waals surface area contributed by atoms with Crippen LogP contribution in [0.3, 0.4) is 0 Å². The van der Waals surface area contributed by atoms with E-state index < -0.39 is 5.41 Å². The summed E-state index contributed by atoms with van der Waals surface area (Å²) in [7, 11) is 0. The molecule has 1 heterocycles. The zero-order valence-corrected chi connectivity index (χ0v) is 33.6. The fourth-order valence-corrected chi connectivity index (χ4v) is 10.6. The van der Waals surface area contributed by atoms with Crippen molar-refractivity contribution in [3.63, 3.8) is 0 Å². The lowest BCUT2D eigenvalue weighted by molar-refractivity contribution is 0.563. The van der Waals surface area contributed by atoms with Gasteiger partial charge >= 0.3 is 0 Å². The summed E-state index contributed by atoms with van der Waals surface area (Å²) in [5.74, 6) is 0. The van der Waals surface area contributed by atoms with Gasteiger partial charge in [-0.3, -0.25) is 0 Å². The first-order valence-corrected chi connectivity index (χ1v) is 20.9. The molecule has 0 N–H and O–H groups in total. The molecule has 1 aromatic heterocycles. The Kier molecular flexibility index (Phi) is 7.52. The van der Waals surface area contributed by atoms with Crippen molar-refractivity contribution >= 4 is 39.0 Å². The lowest BCUT2D eigenvalue weighted by atomic mass is 9.55. The summed E-state index contributed by atoms with van der Waals surface area (Å²) >= 11 is 0. The highest BCUT2D eigenvalue weighted by atomic mass is 16.3. The molecule has 0 fully saturated rings. The van der Waals surface area contributed by atoms with E-state index in [0.717, 1.165) is 50.1 Å². The van der Waals surface area contributed by atoms with Gasteiger partial charge in [0.05, 0.1) is 5.41 Å². The normalized spacial score (nSPS) is 14.1. The maximum absolute atomic E-state index is 6.29. The van der Waals surface area contributed by atoms with Gasteiger partial charge < -0.3 is 9.32 Å². The van der Waals surface area contributed by atoms with Crippen LogP contribution in [-0.4, -0.2) is 0 Å². The third kappa shape index (κ3) is 4.94. The second kappa shape index (κ2) is 13.0. The quantitative estimate of drug-likeness (QED) is 0.173. The van der Waals surface area contributed by atoms with Crippen molar-refractivity contribution in [3.05, 3.63) is 246 Å². The number of furan rings is 1. The molecule has 1 spiro atoms. The largest absolute Gasteiger partial charge is 0.456 e. The first-order valence-electron chi connectivity index (χ1n) is 20.9. The standard InChI is InChI=1S/C58H41NO/c1-57(2)50-19-9-11-21-52(50)58(53-22-12-10-20-51(53)57)49-18-8-6-16-45(49)46-35-33-44(37-54(46)58)59(42-29-24-39(25-30-42)38-14-4-3-5-15-38)43-31-26-40(27-32-43)41-28-34-48-47-17-7-13-23-55(47)60-56(48)36-41/h3-37H,1-2H3. The Morgan fingerprint density at radius 3 is 1.50 bits per heavy atom. The van der Waals surface area contributed by atoms with E-state index in [1.165, 1.54) is 55.6 Å². The predicted molar refractivity (Wildman–Crippen MR) is 249 cm³/mol. The number of nitrogens with zero attached hydrogens (tertiary/aromatic N) is 1. The van der Waals surface area contributed by atoms with Crippen LogP contribution >= 0.6 is 0 Å². The summed E-state index contributed by atoms with van der Waals surface area (Å²) in [4.78, 5) is 2.42. The third-order valence-electron chi connectivity index (χ3n) is 13.4. The van der Waals surface area contributed by atoms with Crippen LogP contribution in [0.25, 0.3) is 55.3 Å². The van der Waals surface area contributed by atoms with E-state index in [1.54, 1.807) is 0 Å². The number of anilines is 3. The number of fused-ring (bicyclic) bond motifs is 12. The molecule has 284 valence electrons. The smallest absolute Gasteiger partial charge is 0.136 e. The van der Waals surface area contributed by atoms with Gasteiger partial charge in [0.25, 0.3) is 0 Å². The Labute approximate surface area is 350 Å². The molecule has 2 aliphatic carbocycles. The van der Waals surface area contributed by atoms with Crippen LogP contribution in [-0.2, 0) is 10.8 Å². The molecule has 0 unspecified atom stereocenters. The molecular formula is C58H41NO. The number of para-hydroxylation sites is 1. The molecule has 0 atom stereocenters. The van der Waals surface area contributed by atoms with Gasteiger partial charge in [-0.15, -0.1) is 0 Å². The van der Waals surface area contributed by atoms with Crippen molar-refractivity contribution < 1.29 is 4.42 Å². The topological polar surface area (TPSA) is 16.4 Å². The molecule has 2 heteroatoms. The highest BCUT2D eigenvalue weighted by Gasteiger charge is 2.53. The number of hydrogen-bond donors (Lipinski definition) is 0. The Morgan fingerprint density at radius 1 is 0.333 bits per heavy atom. The van der Waals surface area contributed by atoms with Crippen LogP contribution in [0.2, 0.25) is 0 Å². The summed E-state index contributed by atoms with van der Waals surface area (Å²) in [6.45, 7) is 4.77. The molecule has 12 rings (SSSR count). The van der Waals surface area contributed by atoms with Gasteiger partial charge in [0.15, 0.2) is 0 Å². The van der Waals surface area contributed by atoms with E-state index in [4.69, 9.17) is 4.42 Å². The lowest BCUT2D eigenvalue weighted by Gasteiger charge is -2.46. The number of rotatable bonds is 5. The maximum atomic E-state index is 6.29. The molecule has 10 aromatic rings. The zero-order valence-electron chi connectivity index (χ0n) is 33.6. The summed E-state index contributed by atoms with van der Waals surface area (Å²) in [5.41, 5.74) is 19.9. The fraction of sp³-hybridized carbons (Fsp3) is 0.0690. The van der Waals surface area contributed by atoms with Gasteiger partial charge in [-0.2, -0.15) is 0 Å². The van der Waals surface area contributed by atoms with E-state index in [9.17, 15) is 0 Å². The molecule has 60 heavy (non-hydrogen) atoms. The van der Waals surface area contributed by atoms with Crippen LogP contribution in [0.15, 0.2) is 217 Å². The van der Waals surface area contributed by atoms with Crippen molar-refractivity contribution in [1.82, 2.24) is 0 Å². The Bertz CT molecular complexity index is 3230. The van der Waals surface area contributed by atoms with Crippen LogP contribution in [0, 0.1) is 0 Å². The van der Waals surface area contributed by atoms with Crippen molar-refractivity contribution in [2.24, 2.45) is 0 Å². The van der Waals surface area contributed by atoms with E-state index in [-0.39, 0.29) is 5.41 Å². The minimum absolute atomic E-state index is 0.156. The third-order valence-corrected chi connectivity index (χ3v) is 13.4. The average molecular weight is 768 g/mol. The Hall–Kier alpha value is -7.42. The van der Waals surface area contributed by atoms with Crippen LogP contribution in [0.1, 0.15) is 47.2 Å². The molecule has 9 aromatic carbocycles. The van der Waals surface area contributed by atoms with Crippen LogP contribution in [0.4, 0.5) is 17.1 Å². The summed E-state index contributed by atoms with van der Waals surface area (Å²) in [5, 5.41) is 2.28. The minimum atomic E-state index is -0.480. The van der Waals surface area contributed by atoms with E-state index in [0.29, 0.717) is 0 Å². The molecule has 0 aliphatic heterocycles. The highest BCUT2D eigenvalue weighted by molar-refractivity contribution is 6.06. The Morgan fingerprint density at radius 2 is 0.817 bits per heavy atom. The van der Waals surface area contributed by atoms with E-state index >= 15 is 0 Å².